The number of thiophene rings is 2. The number of rotatable bonds is 8. The number of fused-ring (bicyclic) bond motifs is 3. The molecule has 6 heteroatoms. The minimum Gasteiger partial charge on any atom is -0.492 e. The topological polar surface area (TPSA) is 38.9 Å². The van der Waals surface area contributed by atoms with Crippen molar-refractivity contribution in [3.8, 4) is 26.6 Å². The van der Waals surface area contributed by atoms with Crippen LogP contribution in [0.2, 0.25) is 0 Å². The van der Waals surface area contributed by atoms with Crippen molar-refractivity contribution >= 4 is 55.9 Å². The Bertz CT molecular complexity index is 1810. The number of ether oxygens (including phenoxy) is 1. The van der Waals surface area contributed by atoms with Crippen molar-refractivity contribution in [2.24, 2.45) is 10.2 Å². The van der Waals surface area contributed by atoms with Crippen LogP contribution in [0.15, 0.2) is 136 Å². The zero-order chi connectivity index (χ0) is 26.7. The third-order valence-corrected chi connectivity index (χ3v) is 8.77. The summed E-state index contributed by atoms with van der Waals surface area (Å²) >= 11 is 3.55. The van der Waals surface area contributed by atoms with Crippen LogP contribution in [0.4, 0.5) is 11.4 Å². The molecule has 4 aromatic carbocycles. The van der Waals surface area contributed by atoms with Crippen LogP contribution < -0.4 is 4.74 Å². The van der Waals surface area contributed by atoms with E-state index in [0.717, 1.165) is 23.7 Å². The second-order valence-corrected chi connectivity index (χ2v) is 11.3. The number of benzene rings is 4. The van der Waals surface area contributed by atoms with Crippen molar-refractivity contribution in [1.29, 1.82) is 0 Å². The molecule has 0 aliphatic carbocycles. The molecule has 0 N–H and O–H groups in total. The van der Waals surface area contributed by atoms with Crippen LogP contribution in [0.25, 0.3) is 42.7 Å². The third-order valence-electron chi connectivity index (χ3n) is 6.93. The van der Waals surface area contributed by atoms with Gasteiger partial charge in [0.2, 0.25) is 0 Å². The molecule has 7 aromatic rings. The van der Waals surface area contributed by atoms with Gasteiger partial charge in [-0.15, -0.1) is 22.7 Å². The van der Waals surface area contributed by atoms with Gasteiger partial charge in [-0.3, -0.25) is 0 Å². The summed E-state index contributed by atoms with van der Waals surface area (Å²) in [5.41, 5.74) is 6.58. The van der Waals surface area contributed by atoms with Crippen LogP contribution in [0, 0.1) is 0 Å². The third kappa shape index (κ3) is 4.95. The average Bonchev–Trinajstić information content (AvgIpc) is 3.79. The normalized spacial score (nSPS) is 11.6. The Morgan fingerprint density at radius 1 is 0.575 bits per heavy atom. The predicted molar refractivity (Wildman–Crippen MR) is 169 cm³/mol. The van der Waals surface area contributed by atoms with E-state index in [4.69, 9.17) is 4.74 Å². The first-order valence-electron chi connectivity index (χ1n) is 13.2. The summed E-state index contributed by atoms with van der Waals surface area (Å²) in [6, 6.07) is 39.7. The molecule has 3 aromatic heterocycles. The van der Waals surface area contributed by atoms with Crippen molar-refractivity contribution in [2.45, 2.75) is 6.54 Å². The Hall–Kier alpha value is -4.52. The maximum absolute atomic E-state index is 6.17. The zero-order valence-corrected chi connectivity index (χ0v) is 23.2. The molecule has 0 bridgehead atoms. The molecule has 0 aliphatic heterocycles. The highest BCUT2D eigenvalue weighted by molar-refractivity contribution is 7.13. The Balaban J connectivity index is 1.15. The lowest BCUT2D eigenvalue weighted by molar-refractivity contribution is 0.302. The number of hydrogen-bond acceptors (Lipinski definition) is 5. The van der Waals surface area contributed by atoms with Crippen molar-refractivity contribution in [3.63, 3.8) is 0 Å². The number of hydrogen-bond donors (Lipinski definition) is 0. The first-order chi connectivity index (χ1) is 19.8. The number of aromatic nitrogens is 1. The first kappa shape index (κ1) is 24.5. The largest absolute Gasteiger partial charge is 0.492 e. The summed E-state index contributed by atoms with van der Waals surface area (Å²) < 4.78 is 8.55. The van der Waals surface area contributed by atoms with Crippen molar-refractivity contribution in [3.05, 3.63) is 126 Å². The van der Waals surface area contributed by atoms with Crippen LogP contribution in [0.3, 0.4) is 0 Å². The fourth-order valence-electron chi connectivity index (χ4n) is 5.01. The Morgan fingerprint density at radius 2 is 1.15 bits per heavy atom. The molecule has 0 saturated carbocycles. The lowest BCUT2D eigenvalue weighted by Crippen LogP contribution is -2.07. The molecule has 0 radical (unpaired) electrons. The quantitative estimate of drug-likeness (QED) is 0.172. The molecular weight excluding hydrogens is 531 g/mol. The van der Waals surface area contributed by atoms with Gasteiger partial charge in [0.15, 0.2) is 0 Å². The van der Waals surface area contributed by atoms with Crippen LogP contribution >= 0.6 is 22.7 Å². The van der Waals surface area contributed by atoms with Crippen LogP contribution in [0.5, 0.6) is 5.75 Å². The zero-order valence-electron chi connectivity index (χ0n) is 21.6. The molecule has 0 amide bonds. The molecule has 0 unspecified atom stereocenters. The van der Waals surface area contributed by atoms with E-state index in [-0.39, 0.29) is 0 Å². The molecular formula is C34H25N3OS2. The van der Waals surface area contributed by atoms with Gasteiger partial charge in [0.1, 0.15) is 12.4 Å². The average molecular weight is 556 g/mol. The summed E-state index contributed by atoms with van der Waals surface area (Å²) in [4.78, 5) is 2.57. The van der Waals surface area contributed by atoms with Gasteiger partial charge in [-0.25, -0.2) is 0 Å². The van der Waals surface area contributed by atoms with E-state index < -0.39 is 0 Å². The van der Waals surface area contributed by atoms with Crippen LogP contribution in [0.1, 0.15) is 0 Å². The Labute approximate surface area is 240 Å². The van der Waals surface area contributed by atoms with E-state index in [9.17, 15) is 0 Å². The molecule has 0 fully saturated rings. The fraction of sp³-hybridized carbons (Fsp3) is 0.0588. The van der Waals surface area contributed by atoms with Crippen molar-refractivity contribution in [1.82, 2.24) is 4.57 Å². The monoisotopic (exact) mass is 555 g/mol. The Morgan fingerprint density at radius 3 is 1.70 bits per heavy atom. The molecule has 0 spiro atoms. The van der Waals surface area contributed by atoms with Gasteiger partial charge in [-0.05, 0) is 94.7 Å². The summed E-state index contributed by atoms with van der Waals surface area (Å²) in [5, 5.41) is 15.4. The van der Waals surface area contributed by atoms with Crippen molar-refractivity contribution < 1.29 is 4.74 Å². The second-order valence-electron chi connectivity index (χ2n) is 9.45. The van der Waals surface area contributed by atoms with E-state index in [0.29, 0.717) is 6.61 Å². The SMILES string of the molecule is c1ccc(N=Nc2ccc(OCCn3c4ccc(-c5cccs5)cc4c4cc(-c5cccs5)ccc43)cc2)cc1. The summed E-state index contributed by atoms with van der Waals surface area (Å²) in [6.07, 6.45) is 0. The lowest BCUT2D eigenvalue weighted by atomic mass is 10.1. The van der Waals surface area contributed by atoms with E-state index >= 15 is 0 Å². The highest BCUT2D eigenvalue weighted by atomic mass is 32.1. The van der Waals surface area contributed by atoms with Gasteiger partial charge in [-0.2, -0.15) is 10.2 Å². The van der Waals surface area contributed by atoms with Crippen LogP contribution in [-0.2, 0) is 6.54 Å². The molecule has 7 rings (SSSR count). The maximum Gasteiger partial charge on any atom is 0.119 e. The molecule has 40 heavy (non-hydrogen) atoms. The standard InChI is InChI=1S/C34H25N3OS2/c1-2-6-26(7-3-1)35-36-27-12-14-28(15-13-27)38-19-18-37-31-16-10-24(33-8-4-20-39-33)22-29(31)30-23-25(11-17-32(30)37)34-9-5-21-40-34/h1-17,20-23H,18-19H2. The predicted octanol–water partition coefficient (Wildman–Crippen LogP) is 10.7. The van der Waals surface area contributed by atoms with E-state index in [2.05, 4.69) is 86.2 Å². The van der Waals surface area contributed by atoms with Gasteiger partial charge in [0, 0.05) is 31.6 Å². The molecule has 4 nitrogen and oxygen atoms in total. The molecule has 0 saturated heterocycles. The minimum absolute atomic E-state index is 0.559. The van der Waals surface area contributed by atoms with Crippen LogP contribution in [-0.4, -0.2) is 11.2 Å². The van der Waals surface area contributed by atoms with E-state index in [1.54, 1.807) is 22.7 Å². The fourth-order valence-corrected chi connectivity index (χ4v) is 6.46. The number of nitrogens with zero attached hydrogens (tertiary/aromatic N) is 3. The summed E-state index contributed by atoms with van der Waals surface area (Å²) in [6.45, 7) is 1.30. The number of azo groups is 1. The summed E-state index contributed by atoms with van der Waals surface area (Å²) in [7, 11) is 0. The first-order valence-corrected chi connectivity index (χ1v) is 14.9. The minimum atomic E-state index is 0.559. The van der Waals surface area contributed by atoms with Gasteiger partial charge in [0.05, 0.1) is 17.9 Å². The van der Waals surface area contributed by atoms with E-state index in [1.807, 2.05) is 54.6 Å². The summed E-state index contributed by atoms with van der Waals surface area (Å²) in [5.74, 6) is 0.819. The highest BCUT2D eigenvalue weighted by Crippen LogP contribution is 2.37. The molecule has 0 atom stereocenters. The van der Waals surface area contributed by atoms with Crippen molar-refractivity contribution in [2.75, 3.05) is 6.61 Å². The Kier molecular flexibility index (Phi) is 6.70. The van der Waals surface area contributed by atoms with Gasteiger partial charge < -0.3 is 9.30 Å². The smallest absolute Gasteiger partial charge is 0.119 e. The second kappa shape index (κ2) is 10.9. The van der Waals surface area contributed by atoms with E-state index in [1.165, 1.54) is 42.7 Å². The highest BCUT2D eigenvalue weighted by Gasteiger charge is 2.14. The molecule has 0 aliphatic rings. The molecule has 194 valence electrons. The lowest BCUT2D eigenvalue weighted by Gasteiger charge is -2.10. The maximum atomic E-state index is 6.17. The molecule has 3 heterocycles. The van der Waals surface area contributed by atoms with Gasteiger partial charge >= 0.3 is 0 Å². The van der Waals surface area contributed by atoms with Gasteiger partial charge in [-0.1, -0.05) is 42.5 Å². The van der Waals surface area contributed by atoms with Gasteiger partial charge in [0.25, 0.3) is 0 Å².